The van der Waals surface area contributed by atoms with Crippen LogP contribution >= 0.6 is 0 Å². The normalized spacial score (nSPS) is 11.1. The molecule has 0 atom stereocenters. The number of esters is 1. The molecule has 0 amide bonds. The highest BCUT2D eigenvalue weighted by Gasteiger charge is 2.16. The molecule has 0 N–H and O–H groups in total. The number of carbonyl (C=O) groups is 1. The number of rotatable bonds is 7. The largest absolute Gasteiger partial charge is 0.482 e. The Morgan fingerprint density at radius 3 is 2.64 bits per heavy atom. The first-order valence-corrected chi connectivity index (χ1v) is 10.2. The topological polar surface area (TPSA) is 96.0 Å². The number of methoxy groups -OCH3 is 1. The van der Waals surface area contributed by atoms with Crippen LogP contribution in [0.3, 0.4) is 0 Å². The molecule has 0 saturated carbocycles. The number of hydrogen-bond acceptors (Lipinski definition) is 6. The summed E-state index contributed by atoms with van der Waals surface area (Å²) in [7, 11) is 1.33. The number of nitro groups is 1. The monoisotopic (exact) mass is 443 g/mol. The number of imidazole rings is 1. The lowest BCUT2D eigenvalue weighted by Gasteiger charge is -2.08. The molecule has 0 bridgehead atoms. The van der Waals surface area contributed by atoms with Crippen molar-refractivity contribution in [3.05, 3.63) is 105 Å². The van der Waals surface area contributed by atoms with Crippen molar-refractivity contribution < 1.29 is 19.2 Å². The van der Waals surface area contributed by atoms with E-state index in [1.807, 2.05) is 53.8 Å². The molecule has 0 unspecified atom stereocenters. The van der Waals surface area contributed by atoms with E-state index in [-0.39, 0.29) is 18.0 Å². The minimum Gasteiger partial charge on any atom is -0.482 e. The van der Waals surface area contributed by atoms with Gasteiger partial charge in [-0.3, -0.25) is 10.1 Å². The fourth-order valence-corrected chi connectivity index (χ4v) is 3.40. The quantitative estimate of drug-likeness (QED) is 0.224. The molecule has 33 heavy (non-hydrogen) atoms. The third-order valence-electron chi connectivity index (χ3n) is 5.17. The molecule has 166 valence electrons. The first kappa shape index (κ1) is 21.8. The molecule has 2 heterocycles. The maximum atomic E-state index is 11.8. The first-order valence-electron chi connectivity index (χ1n) is 10.2. The van der Waals surface area contributed by atoms with Gasteiger partial charge >= 0.3 is 11.7 Å². The van der Waals surface area contributed by atoms with E-state index in [9.17, 15) is 14.9 Å². The number of aromatic nitrogens is 2. The van der Waals surface area contributed by atoms with E-state index in [0.29, 0.717) is 16.9 Å². The van der Waals surface area contributed by atoms with Gasteiger partial charge in [0.15, 0.2) is 5.75 Å². The van der Waals surface area contributed by atoms with Crippen LogP contribution in [0.2, 0.25) is 0 Å². The summed E-state index contributed by atoms with van der Waals surface area (Å²) < 4.78 is 12.4. The van der Waals surface area contributed by atoms with E-state index in [1.165, 1.54) is 13.2 Å². The maximum absolute atomic E-state index is 11.8. The van der Waals surface area contributed by atoms with Crippen molar-refractivity contribution in [3.63, 3.8) is 0 Å². The summed E-state index contributed by atoms with van der Waals surface area (Å²) in [5.74, 6) is -0.232. The maximum Gasteiger partial charge on any atom is 0.338 e. The Morgan fingerprint density at radius 1 is 1.12 bits per heavy atom. The number of ether oxygens (including phenoxy) is 2. The van der Waals surface area contributed by atoms with Crippen molar-refractivity contribution in [1.82, 2.24) is 9.38 Å². The third-order valence-corrected chi connectivity index (χ3v) is 5.17. The highest BCUT2D eigenvalue weighted by molar-refractivity contribution is 5.90. The summed E-state index contributed by atoms with van der Waals surface area (Å²) in [6, 6.07) is 17.5. The van der Waals surface area contributed by atoms with Gasteiger partial charge in [0.2, 0.25) is 0 Å². The number of pyridine rings is 1. The molecule has 0 fully saturated rings. The first-order chi connectivity index (χ1) is 16.0. The zero-order valence-electron chi connectivity index (χ0n) is 18.1. The fraction of sp³-hybridized carbons (Fsp3) is 0.120. The van der Waals surface area contributed by atoms with Crippen LogP contribution in [-0.2, 0) is 11.3 Å². The average Bonchev–Trinajstić information content (AvgIpc) is 3.16. The summed E-state index contributed by atoms with van der Waals surface area (Å²) >= 11 is 0. The van der Waals surface area contributed by atoms with Crippen LogP contribution in [0.5, 0.6) is 5.75 Å². The second-order valence-electron chi connectivity index (χ2n) is 7.31. The summed E-state index contributed by atoms with van der Waals surface area (Å²) in [4.78, 5) is 27.3. The summed E-state index contributed by atoms with van der Waals surface area (Å²) in [5.41, 5.74) is 4.19. The van der Waals surface area contributed by atoms with Gasteiger partial charge in [-0.2, -0.15) is 0 Å². The van der Waals surface area contributed by atoms with Gasteiger partial charge in [-0.15, -0.1) is 0 Å². The molecule has 2 aromatic heterocycles. The van der Waals surface area contributed by atoms with Crippen LogP contribution in [0.15, 0.2) is 66.9 Å². The van der Waals surface area contributed by atoms with E-state index in [4.69, 9.17) is 9.47 Å². The zero-order chi connectivity index (χ0) is 23.4. The van der Waals surface area contributed by atoms with Gasteiger partial charge in [-0.1, -0.05) is 36.4 Å². The third kappa shape index (κ3) is 4.74. The Bertz CT molecular complexity index is 1360. The van der Waals surface area contributed by atoms with Gasteiger partial charge in [0.25, 0.3) is 0 Å². The molecule has 0 aliphatic rings. The van der Waals surface area contributed by atoms with Gasteiger partial charge in [0.1, 0.15) is 12.3 Å². The van der Waals surface area contributed by atoms with E-state index in [2.05, 4.69) is 4.98 Å². The molecule has 0 spiro atoms. The molecule has 4 aromatic rings. The van der Waals surface area contributed by atoms with E-state index in [0.717, 1.165) is 16.8 Å². The van der Waals surface area contributed by atoms with E-state index in [1.54, 1.807) is 30.5 Å². The Kier molecular flexibility index (Phi) is 6.17. The second kappa shape index (κ2) is 9.35. The molecule has 8 nitrogen and oxygen atoms in total. The Balaban J connectivity index is 1.61. The van der Waals surface area contributed by atoms with Crippen molar-refractivity contribution >= 4 is 29.5 Å². The molecule has 4 rings (SSSR count). The molecular weight excluding hydrogens is 422 g/mol. The lowest BCUT2D eigenvalue weighted by atomic mass is 10.1. The molecule has 0 aliphatic heterocycles. The Morgan fingerprint density at radius 2 is 1.91 bits per heavy atom. The Labute approximate surface area is 189 Å². The van der Waals surface area contributed by atoms with E-state index >= 15 is 0 Å². The zero-order valence-corrected chi connectivity index (χ0v) is 18.1. The number of aryl methyl sites for hydroxylation is 1. The number of nitrogens with zero attached hydrogens (tertiary/aromatic N) is 3. The van der Waals surface area contributed by atoms with Gasteiger partial charge in [0.05, 0.1) is 23.3 Å². The van der Waals surface area contributed by atoms with Gasteiger partial charge in [-0.25, -0.2) is 9.78 Å². The summed E-state index contributed by atoms with van der Waals surface area (Å²) in [5, 5.41) is 11.4. The molecule has 8 heteroatoms. The van der Waals surface area contributed by atoms with Crippen molar-refractivity contribution in [2.24, 2.45) is 0 Å². The number of hydrogen-bond donors (Lipinski definition) is 0. The number of benzene rings is 2. The van der Waals surface area contributed by atoms with Crippen LogP contribution in [0.25, 0.3) is 17.8 Å². The van der Waals surface area contributed by atoms with Crippen LogP contribution < -0.4 is 4.74 Å². The summed E-state index contributed by atoms with van der Waals surface area (Å²) in [6.45, 7) is 2.14. The average molecular weight is 443 g/mol. The minimum atomic E-state index is -0.459. The fourth-order valence-electron chi connectivity index (χ4n) is 3.40. The van der Waals surface area contributed by atoms with Crippen molar-refractivity contribution in [1.29, 1.82) is 0 Å². The highest BCUT2D eigenvalue weighted by atomic mass is 16.6. The van der Waals surface area contributed by atoms with Gasteiger partial charge in [-0.05, 0) is 48.4 Å². The predicted molar refractivity (Wildman–Crippen MR) is 124 cm³/mol. The van der Waals surface area contributed by atoms with Crippen LogP contribution in [-0.4, -0.2) is 27.4 Å². The lowest BCUT2D eigenvalue weighted by Crippen LogP contribution is -2.02. The standard InChI is InChI=1S/C25H21N3O5/c1-17-21(26-24-15-20(25(29)32-2)12-13-27(17)24)10-8-18-9-11-22(28(30)31)23(14-18)33-16-19-6-4-3-5-7-19/h3-15H,16H2,1-2H3/b10-8+. The van der Waals surface area contributed by atoms with Crippen LogP contribution in [0.4, 0.5) is 5.69 Å². The van der Waals surface area contributed by atoms with Crippen LogP contribution in [0.1, 0.15) is 32.9 Å². The van der Waals surface area contributed by atoms with Gasteiger partial charge < -0.3 is 13.9 Å². The second-order valence-corrected chi connectivity index (χ2v) is 7.31. The van der Waals surface area contributed by atoms with Crippen molar-refractivity contribution in [2.45, 2.75) is 13.5 Å². The smallest absolute Gasteiger partial charge is 0.338 e. The number of carbonyl (C=O) groups excluding carboxylic acids is 1. The molecule has 0 saturated heterocycles. The van der Waals surface area contributed by atoms with Crippen LogP contribution in [0, 0.1) is 17.0 Å². The molecule has 0 aliphatic carbocycles. The molecule has 0 radical (unpaired) electrons. The van der Waals surface area contributed by atoms with E-state index < -0.39 is 10.9 Å². The Hall–Kier alpha value is -4.46. The molecule has 2 aromatic carbocycles. The SMILES string of the molecule is COC(=O)c1ccn2c(C)c(/C=C/c3ccc([N+](=O)[O-])c(OCc4ccccc4)c3)nc2c1. The minimum absolute atomic E-state index is 0.0951. The highest BCUT2D eigenvalue weighted by Crippen LogP contribution is 2.29. The number of fused-ring (bicyclic) bond motifs is 1. The van der Waals surface area contributed by atoms with Crippen molar-refractivity contribution in [3.8, 4) is 5.75 Å². The molecular formula is C25H21N3O5. The summed E-state index contributed by atoms with van der Waals surface area (Å²) in [6.07, 6.45) is 5.40. The number of nitro benzene ring substituents is 1. The lowest BCUT2D eigenvalue weighted by molar-refractivity contribution is -0.385. The van der Waals surface area contributed by atoms with Crippen molar-refractivity contribution in [2.75, 3.05) is 7.11 Å². The predicted octanol–water partition coefficient (Wildman–Crippen LogP) is 5.09. The van der Waals surface area contributed by atoms with Gasteiger partial charge in [0, 0.05) is 18.0 Å².